The van der Waals surface area contributed by atoms with E-state index in [1.807, 2.05) is 30.3 Å². The SMILES string of the molecule is NS(=O)(=O)c1ccc(-n2c(SCC(=O)O)nnc2-c2ccccc2)cc1. The van der Waals surface area contributed by atoms with Crippen molar-refractivity contribution in [3.8, 4) is 17.1 Å². The predicted molar refractivity (Wildman–Crippen MR) is 96.5 cm³/mol. The lowest BCUT2D eigenvalue weighted by Gasteiger charge is -2.10. The van der Waals surface area contributed by atoms with Crippen molar-refractivity contribution in [3.63, 3.8) is 0 Å². The van der Waals surface area contributed by atoms with E-state index in [4.69, 9.17) is 10.2 Å². The molecule has 0 spiro atoms. The Kier molecular flexibility index (Phi) is 5.07. The van der Waals surface area contributed by atoms with Crippen LogP contribution >= 0.6 is 11.8 Å². The number of carbonyl (C=O) groups is 1. The van der Waals surface area contributed by atoms with Gasteiger partial charge in [0.1, 0.15) is 0 Å². The van der Waals surface area contributed by atoms with Crippen LogP contribution < -0.4 is 5.14 Å². The molecule has 8 nitrogen and oxygen atoms in total. The number of nitrogens with zero attached hydrogens (tertiary/aromatic N) is 3. The minimum Gasteiger partial charge on any atom is -0.481 e. The van der Waals surface area contributed by atoms with Crippen LogP contribution in [-0.4, -0.2) is 40.0 Å². The Bertz CT molecular complexity index is 1030. The molecule has 0 saturated carbocycles. The van der Waals surface area contributed by atoms with Gasteiger partial charge in [0.15, 0.2) is 11.0 Å². The number of hydrogen-bond acceptors (Lipinski definition) is 6. The first-order valence-corrected chi connectivity index (χ1v) is 9.88. The number of nitrogens with two attached hydrogens (primary N) is 1. The maximum Gasteiger partial charge on any atom is 0.313 e. The van der Waals surface area contributed by atoms with Crippen molar-refractivity contribution < 1.29 is 18.3 Å². The standard InChI is InChI=1S/C16H14N4O4S2/c17-26(23,24)13-8-6-12(7-9-13)20-15(11-4-2-1-3-5-11)18-19-16(20)25-10-14(21)22/h1-9H,10H2,(H,21,22)(H2,17,23,24). The normalized spacial score (nSPS) is 11.4. The van der Waals surface area contributed by atoms with E-state index in [-0.39, 0.29) is 10.6 Å². The van der Waals surface area contributed by atoms with E-state index in [2.05, 4.69) is 10.2 Å². The van der Waals surface area contributed by atoms with E-state index in [0.29, 0.717) is 16.7 Å². The van der Waals surface area contributed by atoms with Crippen LogP contribution in [0.3, 0.4) is 0 Å². The van der Waals surface area contributed by atoms with Crippen LogP contribution in [-0.2, 0) is 14.8 Å². The van der Waals surface area contributed by atoms with Crippen molar-refractivity contribution in [1.82, 2.24) is 14.8 Å². The fourth-order valence-electron chi connectivity index (χ4n) is 2.28. The lowest BCUT2D eigenvalue weighted by Crippen LogP contribution is -2.12. The van der Waals surface area contributed by atoms with Gasteiger partial charge in [-0.3, -0.25) is 9.36 Å². The molecule has 0 aliphatic carbocycles. The van der Waals surface area contributed by atoms with Crippen LogP contribution in [0.15, 0.2) is 64.6 Å². The summed E-state index contributed by atoms with van der Waals surface area (Å²) in [6, 6.07) is 15.2. The first-order chi connectivity index (χ1) is 12.4. The van der Waals surface area contributed by atoms with E-state index >= 15 is 0 Å². The Hall–Kier alpha value is -2.69. The first kappa shape index (κ1) is 18.1. The van der Waals surface area contributed by atoms with Gasteiger partial charge in [0.05, 0.1) is 10.6 Å². The van der Waals surface area contributed by atoms with Crippen molar-refractivity contribution >= 4 is 27.8 Å². The maximum absolute atomic E-state index is 11.4. The van der Waals surface area contributed by atoms with Crippen LogP contribution in [0.1, 0.15) is 0 Å². The van der Waals surface area contributed by atoms with Gasteiger partial charge in [-0.25, -0.2) is 13.6 Å². The molecule has 0 bridgehead atoms. The monoisotopic (exact) mass is 390 g/mol. The molecule has 0 atom stereocenters. The molecule has 134 valence electrons. The van der Waals surface area contributed by atoms with E-state index in [1.165, 1.54) is 12.1 Å². The van der Waals surface area contributed by atoms with Crippen molar-refractivity contribution in [2.45, 2.75) is 10.1 Å². The largest absolute Gasteiger partial charge is 0.481 e. The molecule has 0 fully saturated rings. The number of carboxylic acid groups (broad SMARTS) is 1. The molecule has 0 radical (unpaired) electrons. The summed E-state index contributed by atoms with van der Waals surface area (Å²) in [5, 5.41) is 22.7. The minimum absolute atomic E-state index is 0.0182. The lowest BCUT2D eigenvalue weighted by atomic mass is 10.2. The van der Waals surface area contributed by atoms with Crippen molar-refractivity contribution in [3.05, 3.63) is 54.6 Å². The zero-order chi connectivity index (χ0) is 18.7. The predicted octanol–water partition coefficient (Wildman–Crippen LogP) is 1.76. The Balaban J connectivity index is 2.10. The number of thioether (sulfide) groups is 1. The molecule has 2 aromatic carbocycles. The number of benzene rings is 2. The van der Waals surface area contributed by atoms with Gasteiger partial charge in [-0.15, -0.1) is 10.2 Å². The Morgan fingerprint density at radius 1 is 1.08 bits per heavy atom. The lowest BCUT2D eigenvalue weighted by molar-refractivity contribution is -0.133. The summed E-state index contributed by atoms with van der Waals surface area (Å²) in [5.74, 6) is -0.639. The highest BCUT2D eigenvalue weighted by Gasteiger charge is 2.17. The molecule has 0 unspecified atom stereocenters. The van der Waals surface area contributed by atoms with Crippen LogP contribution in [0.4, 0.5) is 0 Å². The number of aliphatic carboxylic acids is 1. The second kappa shape index (κ2) is 7.28. The van der Waals surface area contributed by atoms with E-state index in [1.54, 1.807) is 16.7 Å². The van der Waals surface area contributed by atoms with Crippen LogP contribution in [0.2, 0.25) is 0 Å². The van der Waals surface area contributed by atoms with Gasteiger partial charge in [0.25, 0.3) is 0 Å². The van der Waals surface area contributed by atoms with E-state index < -0.39 is 16.0 Å². The molecule has 0 aliphatic heterocycles. The number of rotatable bonds is 6. The Morgan fingerprint density at radius 3 is 2.31 bits per heavy atom. The molecule has 3 N–H and O–H groups in total. The quantitative estimate of drug-likeness (QED) is 0.614. The summed E-state index contributed by atoms with van der Waals surface area (Å²) in [5.41, 5.74) is 1.38. The zero-order valence-electron chi connectivity index (χ0n) is 13.3. The van der Waals surface area contributed by atoms with Crippen LogP contribution in [0.25, 0.3) is 17.1 Å². The third kappa shape index (κ3) is 3.93. The van der Waals surface area contributed by atoms with Gasteiger partial charge in [0, 0.05) is 11.3 Å². The smallest absolute Gasteiger partial charge is 0.313 e. The zero-order valence-corrected chi connectivity index (χ0v) is 14.9. The molecule has 3 aromatic rings. The fraction of sp³-hybridized carbons (Fsp3) is 0.0625. The highest BCUT2D eigenvalue weighted by molar-refractivity contribution is 7.99. The van der Waals surface area contributed by atoms with E-state index in [0.717, 1.165) is 17.3 Å². The molecule has 10 heteroatoms. The topological polar surface area (TPSA) is 128 Å². The van der Waals surface area contributed by atoms with Crippen molar-refractivity contribution in [2.24, 2.45) is 5.14 Å². The third-order valence-corrected chi connectivity index (χ3v) is 5.26. The van der Waals surface area contributed by atoms with Crippen molar-refractivity contribution in [2.75, 3.05) is 5.75 Å². The number of hydrogen-bond donors (Lipinski definition) is 2. The molecular weight excluding hydrogens is 376 g/mol. The summed E-state index contributed by atoms with van der Waals surface area (Å²) in [7, 11) is -3.81. The highest BCUT2D eigenvalue weighted by atomic mass is 32.2. The fourth-order valence-corrected chi connectivity index (χ4v) is 3.47. The molecule has 0 aliphatic rings. The van der Waals surface area contributed by atoms with Gasteiger partial charge in [-0.1, -0.05) is 42.1 Å². The van der Waals surface area contributed by atoms with E-state index in [9.17, 15) is 13.2 Å². The van der Waals surface area contributed by atoms with Gasteiger partial charge < -0.3 is 5.11 Å². The Morgan fingerprint density at radius 2 is 1.73 bits per heavy atom. The molecule has 0 amide bonds. The number of primary sulfonamides is 1. The second-order valence-corrected chi connectivity index (χ2v) is 7.73. The summed E-state index contributed by atoms with van der Waals surface area (Å²) >= 11 is 1.02. The van der Waals surface area contributed by atoms with Gasteiger partial charge in [0.2, 0.25) is 10.0 Å². The molecular formula is C16H14N4O4S2. The molecule has 0 saturated heterocycles. The number of sulfonamides is 1. The average Bonchev–Trinajstić information content (AvgIpc) is 3.04. The van der Waals surface area contributed by atoms with Crippen molar-refractivity contribution in [1.29, 1.82) is 0 Å². The first-order valence-electron chi connectivity index (χ1n) is 7.35. The van der Waals surface area contributed by atoms with Crippen LogP contribution in [0.5, 0.6) is 0 Å². The Labute approximate surface area is 153 Å². The summed E-state index contributed by atoms with van der Waals surface area (Å²) in [4.78, 5) is 10.9. The number of aromatic nitrogens is 3. The summed E-state index contributed by atoms with van der Waals surface area (Å²) < 4.78 is 24.6. The minimum atomic E-state index is -3.81. The molecule has 3 rings (SSSR count). The van der Waals surface area contributed by atoms with Gasteiger partial charge >= 0.3 is 5.97 Å². The maximum atomic E-state index is 11.4. The average molecular weight is 390 g/mol. The molecule has 1 aromatic heterocycles. The molecule has 26 heavy (non-hydrogen) atoms. The van der Waals surface area contributed by atoms with Gasteiger partial charge in [-0.2, -0.15) is 0 Å². The third-order valence-electron chi connectivity index (χ3n) is 3.41. The van der Waals surface area contributed by atoms with Crippen LogP contribution in [0, 0.1) is 0 Å². The number of carboxylic acids is 1. The highest BCUT2D eigenvalue weighted by Crippen LogP contribution is 2.28. The summed E-state index contributed by atoms with van der Waals surface area (Å²) in [6.07, 6.45) is 0. The summed E-state index contributed by atoms with van der Waals surface area (Å²) in [6.45, 7) is 0. The van der Waals surface area contributed by atoms with Gasteiger partial charge in [-0.05, 0) is 24.3 Å². The second-order valence-electron chi connectivity index (χ2n) is 5.23. The molecule has 1 heterocycles.